The molecular formula is C18H24N2O2. The normalized spacial score (nSPS) is 20.4. The van der Waals surface area contributed by atoms with Crippen molar-refractivity contribution in [2.45, 2.75) is 64.0 Å². The first kappa shape index (κ1) is 15.1. The van der Waals surface area contributed by atoms with Gasteiger partial charge in [-0.15, -0.1) is 0 Å². The molecule has 22 heavy (non-hydrogen) atoms. The Hall–Kier alpha value is -1.84. The minimum Gasteiger partial charge on any atom is -0.352 e. The number of hydrogen-bond donors (Lipinski definition) is 1. The van der Waals surface area contributed by atoms with E-state index >= 15 is 0 Å². The maximum atomic E-state index is 12.6. The second kappa shape index (κ2) is 6.51. The van der Waals surface area contributed by atoms with Crippen molar-refractivity contribution in [3.63, 3.8) is 0 Å². The monoisotopic (exact) mass is 300 g/mol. The van der Waals surface area contributed by atoms with E-state index in [1.54, 1.807) is 4.90 Å². The minimum atomic E-state index is -0.452. The van der Waals surface area contributed by atoms with Gasteiger partial charge in [-0.25, -0.2) is 0 Å². The average Bonchev–Trinajstić information content (AvgIpc) is 2.95. The van der Waals surface area contributed by atoms with Crippen molar-refractivity contribution in [2.75, 3.05) is 4.90 Å². The van der Waals surface area contributed by atoms with E-state index in [-0.39, 0.29) is 17.9 Å². The summed E-state index contributed by atoms with van der Waals surface area (Å²) in [5.74, 6) is 0.0241. The largest absolute Gasteiger partial charge is 0.352 e. The van der Waals surface area contributed by atoms with Crippen LogP contribution < -0.4 is 10.2 Å². The van der Waals surface area contributed by atoms with Crippen LogP contribution in [0.4, 0.5) is 5.69 Å². The van der Waals surface area contributed by atoms with Crippen LogP contribution in [-0.2, 0) is 16.0 Å². The van der Waals surface area contributed by atoms with Gasteiger partial charge in [-0.05, 0) is 44.2 Å². The average molecular weight is 300 g/mol. The van der Waals surface area contributed by atoms with Gasteiger partial charge >= 0.3 is 0 Å². The smallest absolute Gasteiger partial charge is 0.243 e. The number of anilines is 1. The third-order valence-corrected chi connectivity index (χ3v) is 4.82. The number of nitrogens with zero attached hydrogens (tertiary/aromatic N) is 1. The first-order valence-corrected chi connectivity index (χ1v) is 8.37. The van der Waals surface area contributed by atoms with E-state index in [2.05, 4.69) is 11.4 Å². The number of rotatable bonds is 3. The van der Waals surface area contributed by atoms with Crippen molar-refractivity contribution in [3.8, 4) is 0 Å². The molecule has 1 aromatic rings. The lowest BCUT2D eigenvalue weighted by Gasteiger charge is -2.29. The Balaban J connectivity index is 1.81. The van der Waals surface area contributed by atoms with Gasteiger partial charge in [-0.1, -0.05) is 31.0 Å². The number of benzene rings is 1. The molecule has 4 heteroatoms. The molecule has 1 aliphatic carbocycles. The number of aryl methyl sites for hydroxylation is 1. The highest BCUT2D eigenvalue weighted by atomic mass is 16.2. The molecule has 1 atom stereocenters. The molecule has 1 fully saturated rings. The fraction of sp³-hybridized carbons (Fsp3) is 0.556. The van der Waals surface area contributed by atoms with E-state index < -0.39 is 6.04 Å². The van der Waals surface area contributed by atoms with Gasteiger partial charge in [0.25, 0.3) is 0 Å². The molecule has 0 saturated heterocycles. The summed E-state index contributed by atoms with van der Waals surface area (Å²) in [5, 5.41) is 3.11. The fourth-order valence-electron chi connectivity index (χ4n) is 3.58. The molecule has 1 N–H and O–H groups in total. The fourth-order valence-corrected chi connectivity index (χ4v) is 3.58. The summed E-state index contributed by atoms with van der Waals surface area (Å²) in [7, 11) is 0. The zero-order valence-corrected chi connectivity index (χ0v) is 13.2. The van der Waals surface area contributed by atoms with Crippen LogP contribution in [-0.4, -0.2) is 23.9 Å². The molecule has 0 radical (unpaired) electrons. The van der Waals surface area contributed by atoms with Crippen LogP contribution in [0.3, 0.4) is 0 Å². The van der Waals surface area contributed by atoms with Gasteiger partial charge in [-0.3, -0.25) is 14.5 Å². The summed E-state index contributed by atoms with van der Waals surface area (Å²) in [6.45, 7) is 1.84. The molecule has 0 spiro atoms. The lowest BCUT2D eigenvalue weighted by Crippen LogP contribution is -2.50. The summed E-state index contributed by atoms with van der Waals surface area (Å²) >= 11 is 0. The van der Waals surface area contributed by atoms with Crippen LogP contribution in [0.15, 0.2) is 24.3 Å². The highest BCUT2D eigenvalue weighted by Crippen LogP contribution is 2.28. The zero-order chi connectivity index (χ0) is 15.5. The maximum Gasteiger partial charge on any atom is 0.243 e. The van der Waals surface area contributed by atoms with Gasteiger partial charge in [0, 0.05) is 18.2 Å². The summed E-state index contributed by atoms with van der Waals surface area (Å²) < 4.78 is 0. The number of fused-ring (bicyclic) bond motifs is 1. The summed E-state index contributed by atoms with van der Waals surface area (Å²) in [6, 6.07) is 7.78. The second-order valence-corrected chi connectivity index (χ2v) is 6.41. The molecule has 4 nitrogen and oxygen atoms in total. The van der Waals surface area contributed by atoms with Gasteiger partial charge < -0.3 is 5.32 Å². The Kier molecular flexibility index (Phi) is 4.46. The van der Waals surface area contributed by atoms with E-state index in [0.717, 1.165) is 36.9 Å². The molecule has 0 unspecified atom stereocenters. The Morgan fingerprint density at radius 2 is 1.91 bits per heavy atom. The van der Waals surface area contributed by atoms with Gasteiger partial charge in [0.15, 0.2) is 0 Å². The molecule has 3 rings (SSSR count). The van der Waals surface area contributed by atoms with Crippen molar-refractivity contribution in [1.29, 1.82) is 0 Å². The number of amides is 2. The first-order chi connectivity index (χ1) is 10.7. The standard InChI is InChI=1S/C18H24N2O2/c1-13(18(22)19-15-9-3-4-10-15)20-16-11-5-2-7-14(16)8-6-12-17(20)21/h2,5,7,11,13,15H,3-4,6,8-10,12H2,1H3,(H,19,22)/t13-/m0/s1. The van der Waals surface area contributed by atoms with Crippen LogP contribution in [0.2, 0.25) is 0 Å². The highest BCUT2D eigenvalue weighted by molar-refractivity contribution is 6.01. The summed E-state index contributed by atoms with van der Waals surface area (Å²) in [4.78, 5) is 26.8. The molecule has 1 aliphatic heterocycles. The molecule has 2 aliphatic rings. The molecular weight excluding hydrogens is 276 g/mol. The second-order valence-electron chi connectivity index (χ2n) is 6.41. The van der Waals surface area contributed by atoms with Crippen molar-refractivity contribution in [1.82, 2.24) is 5.32 Å². The summed E-state index contributed by atoms with van der Waals surface area (Å²) in [5.41, 5.74) is 2.06. The Morgan fingerprint density at radius 3 is 2.68 bits per heavy atom. The predicted octanol–water partition coefficient (Wildman–Crippen LogP) is 2.80. The van der Waals surface area contributed by atoms with Crippen LogP contribution in [0, 0.1) is 0 Å². The molecule has 1 saturated carbocycles. The third-order valence-electron chi connectivity index (χ3n) is 4.82. The lowest BCUT2D eigenvalue weighted by molar-refractivity contribution is -0.126. The SMILES string of the molecule is C[C@@H](C(=O)NC1CCCC1)N1C(=O)CCCc2ccccc21. The number of carbonyl (C=O) groups excluding carboxylic acids is 2. The Bertz CT molecular complexity index is 564. The van der Waals surface area contributed by atoms with Crippen LogP contribution in [0.1, 0.15) is 51.0 Å². The van der Waals surface area contributed by atoms with Crippen LogP contribution in [0.25, 0.3) is 0 Å². The third kappa shape index (κ3) is 3.01. The van der Waals surface area contributed by atoms with E-state index in [4.69, 9.17) is 0 Å². The van der Waals surface area contributed by atoms with Crippen molar-refractivity contribution < 1.29 is 9.59 Å². The predicted molar refractivity (Wildman–Crippen MR) is 86.7 cm³/mol. The molecule has 2 amide bonds. The molecule has 0 aromatic heterocycles. The lowest BCUT2D eigenvalue weighted by atomic mass is 10.1. The van der Waals surface area contributed by atoms with Crippen LogP contribution >= 0.6 is 0 Å². The number of para-hydroxylation sites is 1. The van der Waals surface area contributed by atoms with E-state index in [0.29, 0.717) is 6.42 Å². The van der Waals surface area contributed by atoms with E-state index in [1.165, 1.54) is 12.8 Å². The number of nitrogens with one attached hydrogen (secondary N) is 1. The molecule has 1 heterocycles. The Morgan fingerprint density at radius 1 is 1.18 bits per heavy atom. The van der Waals surface area contributed by atoms with Crippen molar-refractivity contribution in [2.24, 2.45) is 0 Å². The van der Waals surface area contributed by atoms with Crippen LogP contribution in [0.5, 0.6) is 0 Å². The van der Waals surface area contributed by atoms with E-state index in [9.17, 15) is 9.59 Å². The minimum absolute atomic E-state index is 0.0306. The number of carbonyl (C=O) groups is 2. The van der Waals surface area contributed by atoms with E-state index in [1.807, 2.05) is 25.1 Å². The van der Waals surface area contributed by atoms with Crippen molar-refractivity contribution >= 4 is 17.5 Å². The number of hydrogen-bond acceptors (Lipinski definition) is 2. The van der Waals surface area contributed by atoms with Gasteiger partial charge in [0.05, 0.1) is 0 Å². The Labute approximate surface area is 131 Å². The van der Waals surface area contributed by atoms with Gasteiger partial charge in [0.1, 0.15) is 6.04 Å². The summed E-state index contributed by atoms with van der Waals surface area (Å²) in [6.07, 6.45) is 6.75. The van der Waals surface area contributed by atoms with Crippen molar-refractivity contribution in [3.05, 3.63) is 29.8 Å². The zero-order valence-electron chi connectivity index (χ0n) is 13.2. The van der Waals surface area contributed by atoms with Gasteiger partial charge in [-0.2, -0.15) is 0 Å². The quantitative estimate of drug-likeness (QED) is 0.933. The topological polar surface area (TPSA) is 49.4 Å². The maximum absolute atomic E-state index is 12.6. The molecule has 0 bridgehead atoms. The highest BCUT2D eigenvalue weighted by Gasteiger charge is 2.31. The van der Waals surface area contributed by atoms with Gasteiger partial charge in [0.2, 0.25) is 11.8 Å². The first-order valence-electron chi connectivity index (χ1n) is 8.37. The molecule has 118 valence electrons. The molecule has 1 aromatic carbocycles.